The van der Waals surface area contributed by atoms with Crippen LogP contribution in [-0.2, 0) is 19.2 Å². The van der Waals surface area contributed by atoms with E-state index in [0.29, 0.717) is 22.3 Å². The number of imide groups is 1. The molecule has 2 aromatic rings. The van der Waals surface area contributed by atoms with Crippen LogP contribution in [0.15, 0.2) is 69.8 Å². The van der Waals surface area contributed by atoms with Crippen LogP contribution in [0.1, 0.15) is 35.4 Å². The van der Waals surface area contributed by atoms with Gasteiger partial charge in [-0.05, 0) is 82.8 Å². The summed E-state index contributed by atoms with van der Waals surface area (Å²) in [6, 6.07) is 9.63. The first kappa shape index (κ1) is 26.6. The number of phenols is 1. The Morgan fingerprint density at radius 2 is 1.68 bits per heavy atom. The van der Waals surface area contributed by atoms with E-state index in [1.165, 1.54) is 18.2 Å². The fraction of sp³-hybridized carbons (Fsp3) is 0.267. The number of anilines is 1. The number of allylic oxidation sites excluding steroid dienone is 6. The van der Waals surface area contributed by atoms with E-state index in [1.54, 1.807) is 38.1 Å². The Balaban J connectivity index is 1.49. The van der Waals surface area contributed by atoms with Crippen LogP contribution in [0.2, 0.25) is 0 Å². The maximum atomic E-state index is 14.0. The lowest BCUT2D eigenvalue weighted by Gasteiger charge is -2.42. The van der Waals surface area contributed by atoms with Crippen molar-refractivity contribution in [2.45, 2.75) is 32.6 Å². The van der Waals surface area contributed by atoms with Crippen molar-refractivity contribution in [2.24, 2.45) is 17.8 Å². The van der Waals surface area contributed by atoms with Gasteiger partial charge in [0.2, 0.25) is 11.8 Å². The molecule has 1 heterocycles. The molecule has 0 unspecified atom stereocenters. The number of aryl methyl sites for hydroxylation is 2. The van der Waals surface area contributed by atoms with E-state index in [1.807, 2.05) is 6.08 Å². The van der Waals surface area contributed by atoms with Gasteiger partial charge in [-0.15, -0.1) is 0 Å². The molecular formula is C30H25BBrNO7. The van der Waals surface area contributed by atoms with Crippen molar-refractivity contribution >= 4 is 57.6 Å². The number of halogens is 1. The van der Waals surface area contributed by atoms with E-state index in [9.17, 15) is 34.3 Å². The second-order valence-corrected chi connectivity index (χ2v) is 11.7. The molecule has 8 nitrogen and oxygen atoms in total. The summed E-state index contributed by atoms with van der Waals surface area (Å²) in [6.45, 7) is 3.54. The molecule has 0 spiro atoms. The molecule has 3 N–H and O–H groups in total. The number of fused-ring (bicyclic) bond motifs is 3. The zero-order valence-electron chi connectivity index (χ0n) is 21.7. The average molecular weight is 602 g/mol. The number of hydrogen-bond acceptors (Lipinski definition) is 7. The topological polar surface area (TPSA) is 132 Å². The first-order valence-electron chi connectivity index (χ1n) is 13.0. The average Bonchev–Trinajstić information content (AvgIpc) is 3.18. The second-order valence-electron chi connectivity index (χ2n) is 10.9. The molecule has 2 aromatic carbocycles. The molecule has 6 rings (SSSR count). The molecule has 1 fully saturated rings. The highest BCUT2D eigenvalue weighted by molar-refractivity contribution is 9.12. The minimum absolute atomic E-state index is 0.144. The van der Waals surface area contributed by atoms with E-state index in [-0.39, 0.29) is 51.7 Å². The third kappa shape index (κ3) is 3.89. The number of phenolic OH excluding ortho intramolecular Hbond substituents is 1. The number of aromatic hydroxyl groups is 1. The lowest BCUT2D eigenvalue weighted by Crippen LogP contribution is -2.39. The molecule has 0 bridgehead atoms. The maximum absolute atomic E-state index is 14.0. The maximum Gasteiger partial charge on any atom is 0.488 e. The fourth-order valence-electron chi connectivity index (χ4n) is 6.82. The zero-order valence-corrected chi connectivity index (χ0v) is 23.3. The van der Waals surface area contributed by atoms with Crippen molar-refractivity contribution in [2.75, 3.05) is 4.90 Å². The Morgan fingerprint density at radius 1 is 0.975 bits per heavy atom. The van der Waals surface area contributed by atoms with Crippen molar-refractivity contribution in [1.82, 2.24) is 0 Å². The number of carbonyl (C=O) groups excluding carboxylic acids is 4. The predicted molar refractivity (Wildman–Crippen MR) is 151 cm³/mol. The van der Waals surface area contributed by atoms with Gasteiger partial charge in [-0.25, -0.2) is 0 Å². The number of rotatable bonds is 3. The van der Waals surface area contributed by atoms with Crippen molar-refractivity contribution in [3.05, 3.63) is 86.4 Å². The lowest BCUT2D eigenvalue weighted by atomic mass is 9.59. The zero-order chi connectivity index (χ0) is 28.6. The Labute approximate surface area is 239 Å². The lowest BCUT2D eigenvalue weighted by molar-refractivity contribution is -0.123. The molecule has 3 aliphatic carbocycles. The molecule has 4 aliphatic rings. The highest BCUT2D eigenvalue weighted by Gasteiger charge is 2.56. The van der Waals surface area contributed by atoms with E-state index in [4.69, 9.17) is 0 Å². The molecule has 202 valence electrons. The summed E-state index contributed by atoms with van der Waals surface area (Å²) >= 11 is 3.23. The molecule has 0 aromatic heterocycles. The first-order chi connectivity index (χ1) is 19.0. The molecule has 0 saturated carbocycles. The van der Waals surface area contributed by atoms with Crippen LogP contribution in [0, 0.1) is 31.6 Å². The van der Waals surface area contributed by atoms with Gasteiger partial charge in [0.05, 0.1) is 22.0 Å². The molecule has 1 saturated heterocycles. The summed E-state index contributed by atoms with van der Waals surface area (Å²) in [4.78, 5) is 55.5. The number of amides is 2. The van der Waals surface area contributed by atoms with Gasteiger partial charge in [0.1, 0.15) is 5.75 Å². The molecule has 4 atom stereocenters. The van der Waals surface area contributed by atoms with Crippen LogP contribution in [0.25, 0.3) is 0 Å². The Bertz CT molecular complexity index is 1620. The van der Waals surface area contributed by atoms with Crippen LogP contribution in [0.5, 0.6) is 5.75 Å². The van der Waals surface area contributed by atoms with Gasteiger partial charge in [0, 0.05) is 23.1 Å². The molecule has 40 heavy (non-hydrogen) atoms. The largest absolute Gasteiger partial charge is 0.507 e. The molecular weight excluding hydrogens is 577 g/mol. The standard InChI is InChI=1S/C30H25BBrNO7/c1-13-8-15(9-14(2)27(13)35)24-18-6-7-19-25(20(18)11-21-26(24)23(34)12-22(32)28(21)36)30(38)33(29(19)37)17-5-3-4-16(10-17)31(39)40/h3-6,8-10,12,19-20,24-25,35,39-40H,7,11H2,1-2H3/t19-,20+,24-,25-/m0/s1. The molecule has 0 radical (unpaired) electrons. The molecule has 2 amide bonds. The first-order valence-corrected chi connectivity index (χ1v) is 13.8. The van der Waals surface area contributed by atoms with Crippen LogP contribution in [-0.4, -0.2) is 45.7 Å². The summed E-state index contributed by atoms with van der Waals surface area (Å²) in [5.74, 6) is -3.75. The van der Waals surface area contributed by atoms with E-state index < -0.39 is 36.7 Å². The van der Waals surface area contributed by atoms with E-state index in [0.717, 1.165) is 16.0 Å². The van der Waals surface area contributed by atoms with Gasteiger partial charge in [0.15, 0.2) is 11.6 Å². The summed E-state index contributed by atoms with van der Waals surface area (Å²) in [7, 11) is -1.76. The van der Waals surface area contributed by atoms with Crippen LogP contribution < -0.4 is 10.4 Å². The number of benzene rings is 2. The van der Waals surface area contributed by atoms with Gasteiger partial charge in [-0.2, -0.15) is 0 Å². The van der Waals surface area contributed by atoms with Crippen LogP contribution in [0.3, 0.4) is 0 Å². The summed E-state index contributed by atoms with van der Waals surface area (Å²) in [5.41, 5.74) is 3.92. The number of ketones is 2. The van der Waals surface area contributed by atoms with Gasteiger partial charge in [-0.3, -0.25) is 24.1 Å². The summed E-state index contributed by atoms with van der Waals surface area (Å²) < 4.78 is 0.155. The van der Waals surface area contributed by atoms with Crippen molar-refractivity contribution in [3.63, 3.8) is 0 Å². The highest BCUT2D eigenvalue weighted by atomic mass is 79.9. The van der Waals surface area contributed by atoms with Crippen molar-refractivity contribution in [3.8, 4) is 5.75 Å². The predicted octanol–water partition coefficient (Wildman–Crippen LogP) is 2.66. The minimum atomic E-state index is -1.76. The highest BCUT2D eigenvalue weighted by Crippen LogP contribution is 2.56. The second kappa shape index (κ2) is 9.50. The third-order valence-corrected chi connectivity index (χ3v) is 9.19. The Morgan fingerprint density at radius 3 is 2.35 bits per heavy atom. The summed E-state index contributed by atoms with van der Waals surface area (Å²) in [5, 5.41) is 29.7. The van der Waals surface area contributed by atoms with E-state index >= 15 is 0 Å². The van der Waals surface area contributed by atoms with Gasteiger partial charge in [0.25, 0.3) is 0 Å². The monoisotopic (exact) mass is 601 g/mol. The Hall–Kier alpha value is -3.60. The van der Waals surface area contributed by atoms with Gasteiger partial charge in [-0.1, -0.05) is 35.9 Å². The van der Waals surface area contributed by atoms with Crippen LogP contribution >= 0.6 is 15.9 Å². The quantitative estimate of drug-likeness (QED) is 0.213. The van der Waals surface area contributed by atoms with Gasteiger partial charge >= 0.3 is 7.12 Å². The van der Waals surface area contributed by atoms with E-state index in [2.05, 4.69) is 15.9 Å². The smallest absolute Gasteiger partial charge is 0.488 e. The van der Waals surface area contributed by atoms with Crippen molar-refractivity contribution in [1.29, 1.82) is 0 Å². The molecule has 1 aliphatic heterocycles. The third-order valence-electron chi connectivity index (χ3n) is 8.60. The van der Waals surface area contributed by atoms with Crippen molar-refractivity contribution < 1.29 is 34.3 Å². The number of carbonyl (C=O) groups is 4. The molecule has 10 heteroatoms. The SMILES string of the molecule is Cc1cc([C@H]2C3=CC[C@@H]4C(=O)N(c5cccc(B(O)O)c5)C(=O)[C@@H]4[C@@H]3CC3=C2C(=O)C=C(Br)C3=O)cc(C)c1O. The number of Topliss-reactive ketones (excluding diaryl/α,β-unsaturated/α-hetero) is 1. The fourth-order valence-corrected chi connectivity index (χ4v) is 7.27. The van der Waals surface area contributed by atoms with Gasteiger partial charge < -0.3 is 15.2 Å². The minimum Gasteiger partial charge on any atom is -0.507 e. The number of hydrogen-bond donors (Lipinski definition) is 3. The normalized spacial score (nSPS) is 25.9. The van der Waals surface area contributed by atoms with Crippen LogP contribution in [0.4, 0.5) is 5.69 Å². The number of nitrogens with zero attached hydrogens (tertiary/aromatic N) is 1. The Kier molecular flexibility index (Phi) is 6.32. The summed E-state index contributed by atoms with van der Waals surface area (Å²) in [6.07, 6.45) is 3.65.